The number of esters is 2. The Morgan fingerprint density at radius 1 is 1.03 bits per heavy atom. The number of rotatable bonds is 10. The minimum atomic E-state index is -1.47. The quantitative estimate of drug-likeness (QED) is 0.269. The molecule has 0 unspecified atom stereocenters. The van der Waals surface area contributed by atoms with E-state index in [0.717, 1.165) is 5.56 Å². The average Bonchev–Trinajstić information content (AvgIpc) is 2.68. The van der Waals surface area contributed by atoms with Gasteiger partial charge in [0.2, 0.25) is 0 Å². The monoisotopic (exact) mass is 415 g/mol. The van der Waals surface area contributed by atoms with Crippen LogP contribution in [0.5, 0.6) is 0 Å². The van der Waals surface area contributed by atoms with Gasteiger partial charge in [-0.15, -0.1) is 0 Å². The van der Waals surface area contributed by atoms with E-state index in [1.165, 1.54) is 12.2 Å². The van der Waals surface area contributed by atoms with Crippen LogP contribution in [0.1, 0.15) is 37.9 Å². The van der Waals surface area contributed by atoms with E-state index in [1.54, 1.807) is 51.1 Å². The first kappa shape index (κ1) is 24.7. The van der Waals surface area contributed by atoms with E-state index in [4.69, 9.17) is 14.2 Å². The van der Waals surface area contributed by atoms with Gasteiger partial charge in [-0.25, -0.2) is 4.79 Å². The zero-order valence-electron chi connectivity index (χ0n) is 17.7. The molecule has 0 saturated heterocycles. The molecule has 30 heavy (non-hydrogen) atoms. The van der Waals surface area contributed by atoms with Crippen molar-refractivity contribution in [2.45, 2.75) is 32.4 Å². The fourth-order valence-corrected chi connectivity index (χ4v) is 2.50. The van der Waals surface area contributed by atoms with Gasteiger partial charge in [-0.1, -0.05) is 56.2 Å². The molecule has 0 aliphatic rings. The highest BCUT2D eigenvalue weighted by atomic mass is 16.6. The summed E-state index contributed by atoms with van der Waals surface area (Å²) in [6, 6.07) is 5.78. The number of carbonyl (C=O) groups excluding carboxylic acids is 3. The zero-order chi connectivity index (χ0) is 22.7. The zero-order valence-corrected chi connectivity index (χ0v) is 17.7. The molecule has 1 N–H and O–H groups in total. The van der Waals surface area contributed by atoms with E-state index in [-0.39, 0.29) is 13.2 Å². The number of amides is 1. The molecular formula is C23H29NO6. The van der Waals surface area contributed by atoms with E-state index in [2.05, 4.69) is 25.1 Å². The van der Waals surface area contributed by atoms with Crippen LogP contribution in [0.15, 0.2) is 56.2 Å². The van der Waals surface area contributed by atoms with Gasteiger partial charge in [0.05, 0.1) is 6.04 Å². The van der Waals surface area contributed by atoms with Gasteiger partial charge >= 0.3 is 18.0 Å². The molecule has 0 saturated carbocycles. The first-order valence-electron chi connectivity index (χ1n) is 9.40. The molecule has 0 aromatic heterocycles. The first-order chi connectivity index (χ1) is 14.1. The Kier molecular flexibility index (Phi) is 9.55. The van der Waals surface area contributed by atoms with Gasteiger partial charge in [-0.2, -0.15) is 0 Å². The molecule has 1 aromatic rings. The molecule has 162 valence electrons. The standard InChI is InChI=1S/C23H29NO6/c1-7-13-28-20(25)18(21(26)29-14-8-2)19(24-22(27)30-23(4,5)6)17-12-10-11-16(9-3)15-17/h7-12,15,18-19H,1-3,13-14H2,4-6H3,(H,24,27)/t19-/m1/s1. The molecular weight excluding hydrogens is 386 g/mol. The SMILES string of the molecule is C=CCOC(=O)C(C(=O)OCC=C)[C@H](NC(=O)OC(C)(C)C)c1cccc(C=C)c1. The molecule has 0 spiro atoms. The van der Waals surface area contributed by atoms with Crippen LogP contribution in [-0.2, 0) is 23.8 Å². The molecule has 7 heteroatoms. The predicted octanol–water partition coefficient (Wildman–Crippen LogP) is 3.97. The smallest absolute Gasteiger partial charge is 0.408 e. The number of carbonyl (C=O) groups is 3. The maximum atomic E-state index is 12.7. The average molecular weight is 415 g/mol. The third-order valence-electron chi connectivity index (χ3n) is 3.71. The molecule has 0 aliphatic heterocycles. The van der Waals surface area contributed by atoms with Crippen LogP contribution in [0.4, 0.5) is 4.79 Å². The van der Waals surface area contributed by atoms with Crippen LogP contribution < -0.4 is 5.32 Å². The second-order valence-electron chi connectivity index (χ2n) is 7.31. The summed E-state index contributed by atoms with van der Waals surface area (Å²) in [5, 5.41) is 2.61. The van der Waals surface area contributed by atoms with Crippen molar-refractivity contribution in [1.82, 2.24) is 5.32 Å². The van der Waals surface area contributed by atoms with Crippen LogP contribution in [-0.4, -0.2) is 36.8 Å². The lowest BCUT2D eigenvalue weighted by Gasteiger charge is -2.27. The summed E-state index contributed by atoms with van der Waals surface area (Å²) in [5.41, 5.74) is 0.440. The van der Waals surface area contributed by atoms with Crippen molar-refractivity contribution in [3.63, 3.8) is 0 Å². The number of ether oxygens (including phenoxy) is 3. The highest BCUT2D eigenvalue weighted by Gasteiger charge is 2.40. The molecule has 0 radical (unpaired) electrons. The largest absolute Gasteiger partial charge is 0.461 e. The lowest BCUT2D eigenvalue weighted by Crippen LogP contribution is -2.44. The topological polar surface area (TPSA) is 90.9 Å². The fraction of sp³-hybridized carbons (Fsp3) is 0.348. The molecule has 0 fully saturated rings. The van der Waals surface area contributed by atoms with Gasteiger partial charge < -0.3 is 19.5 Å². The van der Waals surface area contributed by atoms with Crippen molar-refractivity contribution in [3.05, 3.63) is 67.3 Å². The third kappa shape index (κ3) is 7.95. The van der Waals surface area contributed by atoms with Crippen molar-refractivity contribution in [2.24, 2.45) is 5.92 Å². The Morgan fingerprint density at radius 2 is 1.60 bits per heavy atom. The molecule has 0 bridgehead atoms. The number of hydrogen-bond donors (Lipinski definition) is 1. The minimum absolute atomic E-state index is 0.101. The van der Waals surface area contributed by atoms with Crippen molar-refractivity contribution in [1.29, 1.82) is 0 Å². The second-order valence-corrected chi connectivity index (χ2v) is 7.31. The normalized spacial score (nSPS) is 11.7. The molecule has 1 amide bonds. The van der Waals surface area contributed by atoms with Crippen molar-refractivity contribution in [3.8, 4) is 0 Å². The summed E-state index contributed by atoms with van der Waals surface area (Å²) in [6.45, 7) is 15.6. The number of nitrogens with one attached hydrogen (secondary N) is 1. The summed E-state index contributed by atoms with van der Waals surface area (Å²) in [5.74, 6) is -3.21. The minimum Gasteiger partial charge on any atom is -0.461 e. The van der Waals surface area contributed by atoms with Gasteiger partial charge in [0.15, 0.2) is 5.92 Å². The number of alkyl carbamates (subject to hydrolysis) is 1. The second kappa shape index (κ2) is 11.6. The Morgan fingerprint density at radius 3 is 2.07 bits per heavy atom. The Hall–Kier alpha value is -3.35. The van der Waals surface area contributed by atoms with Crippen LogP contribution in [0, 0.1) is 5.92 Å². The van der Waals surface area contributed by atoms with Gasteiger partial charge in [0, 0.05) is 0 Å². The number of benzene rings is 1. The van der Waals surface area contributed by atoms with E-state index in [9.17, 15) is 14.4 Å². The molecule has 0 aliphatic carbocycles. The maximum Gasteiger partial charge on any atom is 0.408 e. The van der Waals surface area contributed by atoms with Crippen LogP contribution in [0.3, 0.4) is 0 Å². The lowest BCUT2D eigenvalue weighted by molar-refractivity contribution is -0.162. The fourth-order valence-electron chi connectivity index (χ4n) is 2.50. The first-order valence-corrected chi connectivity index (χ1v) is 9.40. The molecule has 7 nitrogen and oxygen atoms in total. The summed E-state index contributed by atoms with van der Waals surface area (Å²) >= 11 is 0. The van der Waals surface area contributed by atoms with Crippen LogP contribution in [0.2, 0.25) is 0 Å². The van der Waals surface area contributed by atoms with Crippen LogP contribution >= 0.6 is 0 Å². The molecule has 1 rings (SSSR count). The lowest BCUT2D eigenvalue weighted by atomic mass is 9.91. The molecule has 1 aromatic carbocycles. The summed E-state index contributed by atoms with van der Waals surface area (Å²) in [4.78, 5) is 38.0. The van der Waals surface area contributed by atoms with E-state index in [0.29, 0.717) is 5.56 Å². The summed E-state index contributed by atoms with van der Waals surface area (Å²) < 4.78 is 15.5. The van der Waals surface area contributed by atoms with Gasteiger partial charge in [0.25, 0.3) is 0 Å². The van der Waals surface area contributed by atoms with E-state index < -0.39 is 35.6 Å². The molecule has 0 heterocycles. The maximum absolute atomic E-state index is 12.7. The third-order valence-corrected chi connectivity index (χ3v) is 3.71. The predicted molar refractivity (Wildman–Crippen MR) is 114 cm³/mol. The molecule has 1 atom stereocenters. The Labute approximate surface area is 177 Å². The van der Waals surface area contributed by atoms with Gasteiger partial charge in [0.1, 0.15) is 18.8 Å². The highest BCUT2D eigenvalue weighted by molar-refractivity contribution is 5.96. The van der Waals surface area contributed by atoms with Crippen molar-refractivity contribution in [2.75, 3.05) is 13.2 Å². The summed E-state index contributed by atoms with van der Waals surface area (Å²) in [6.07, 6.45) is 3.56. The summed E-state index contributed by atoms with van der Waals surface area (Å²) in [7, 11) is 0. The highest BCUT2D eigenvalue weighted by Crippen LogP contribution is 2.27. The number of hydrogen-bond acceptors (Lipinski definition) is 6. The van der Waals surface area contributed by atoms with Gasteiger partial charge in [-0.05, 0) is 38.0 Å². The van der Waals surface area contributed by atoms with Crippen molar-refractivity contribution < 1.29 is 28.6 Å². The van der Waals surface area contributed by atoms with E-state index in [1.807, 2.05) is 0 Å². The van der Waals surface area contributed by atoms with Gasteiger partial charge in [-0.3, -0.25) is 9.59 Å². The Balaban J connectivity index is 3.40. The van der Waals surface area contributed by atoms with Crippen LogP contribution in [0.25, 0.3) is 6.08 Å². The van der Waals surface area contributed by atoms with E-state index >= 15 is 0 Å². The Bertz CT molecular complexity index is 769. The van der Waals surface area contributed by atoms with Crippen molar-refractivity contribution >= 4 is 24.1 Å².